The third kappa shape index (κ3) is 3.97. The van der Waals surface area contributed by atoms with Crippen molar-refractivity contribution in [3.63, 3.8) is 0 Å². The lowest BCUT2D eigenvalue weighted by molar-refractivity contribution is 0.0332. The fourth-order valence-electron chi connectivity index (χ4n) is 3.92. The van der Waals surface area contributed by atoms with Crippen molar-refractivity contribution in [3.05, 3.63) is 71.5 Å². The van der Waals surface area contributed by atoms with Gasteiger partial charge in [0.1, 0.15) is 5.75 Å². The monoisotopic (exact) mass is 452 g/mol. The summed E-state index contributed by atoms with van der Waals surface area (Å²) in [5.41, 5.74) is 1.22. The number of anilines is 1. The minimum atomic E-state index is -3.42. The number of ether oxygens (including phenoxy) is 1. The second-order valence-electron chi connectivity index (χ2n) is 7.97. The smallest absolute Gasteiger partial charge is 0.331 e. The maximum atomic E-state index is 15.5. The molecule has 0 spiro atoms. The Morgan fingerprint density at radius 1 is 1.09 bits per heavy atom. The number of aliphatic hydroxyl groups excluding tert-OH is 1. The Morgan fingerprint density at radius 2 is 1.85 bits per heavy atom. The predicted octanol–water partition coefficient (Wildman–Crippen LogP) is 2.99. The molecule has 2 aromatic heterocycles. The van der Waals surface area contributed by atoms with Crippen LogP contribution in [0.3, 0.4) is 0 Å². The summed E-state index contributed by atoms with van der Waals surface area (Å²) in [7, 11) is 1.59. The first-order chi connectivity index (χ1) is 16.0. The lowest BCUT2D eigenvalue weighted by Crippen LogP contribution is -2.26. The highest BCUT2D eigenvalue weighted by Gasteiger charge is 2.39. The minimum Gasteiger partial charge on any atom is -0.497 e. The van der Waals surface area contributed by atoms with Crippen molar-refractivity contribution in [3.8, 4) is 5.75 Å². The lowest BCUT2D eigenvalue weighted by Gasteiger charge is -2.20. The van der Waals surface area contributed by atoms with E-state index in [0.29, 0.717) is 24.2 Å². The van der Waals surface area contributed by atoms with Gasteiger partial charge < -0.3 is 14.7 Å². The maximum Gasteiger partial charge on any atom is 0.331 e. The van der Waals surface area contributed by atoms with Crippen LogP contribution in [-0.4, -0.2) is 56.4 Å². The molecular weight excluding hydrogens is 430 g/mol. The van der Waals surface area contributed by atoms with Crippen LogP contribution in [-0.2, 0) is 12.5 Å². The molecule has 33 heavy (non-hydrogen) atoms. The van der Waals surface area contributed by atoms with Crippen molar-refractivity contribution in [2.75, 3.05) is 25.1 Å². The van der Waals surface area contributed by atoms with Crippen molar-refractivity contribution in [1.82, 2.24) is 25.0 Å². The van der Waals surface area contributed by atoms with Crippen LogP contribution in [0.1, 0.15) is 23.4 Å². The van der Waals surface area contributed by atoms with E-state index in [1.54, 1.807) is 30.2 Å². The summed E-state index contributed by atoms with van der Waals surface area (Å²) in [6, 6.07) is 14.8. The predicted molar refractivity (Wildman–Crippen MR) is 117 cm³/mol. The Balaban J connectivity index is 1.62. The van der Waals surface area contributed by atoms with Gasteiger partial charge in [-0.1, -0.05) is 47.7 Å². The molecule has 1 aliphatic rings. The maximum absolute atomic E-state index is 15.5. The SMILES string of the molecule is COc1ccc(Cn2nnc3c(N4CCC(O)C4)nc(C(F)(F)c4ccccc4)nc32)cc1. The number of methoxy groups -OCH3 is 1. The highest BCUT2D eigenvalue weighted by atomic mass is 19.3. The lowest BCUT2D eigenvalue weighted by atomic mass is 10.1. The second kappa shape index (κ2) is 8.36. The molecule has 5 rings (SSSR count). The zero-order valence-electron chi connectivity index (χ0n) is 17.9. The van der Waals surface area contributed by atoms with Crippen LogP contribution in [0.5, 0.6) is 5.75 Å². The first-order valence-electron chi connectivity index (χ1n) is 10.6. The van der Waals surface area contributed by atoms with Crippen LogP contribution >= 0.6 is 0 Å². The van der Waals surface area contributed by atoms with Crippen LogP contribution in [0.25, 0.3) is 11.2 Å². The number of hydrogen-bond acceptors (Lipinski definition) is 7. The second-order valence-corrected chi connectivity index (χ2v) is 7.97. The number of aliphatic hydroxyl groups is 1. The van der Waals surface area contributed by atoms with Gasteiger partial charge in [0.2, 0.25) is 5.82 Å². The summed E-state index contributed by atoms with van der Waals surface area (Å²) in [5.74, 6) is -3.08. The van der Waals surface area contributed by atoms with E-state index in [4.69, 9.17) is 4.74 Å². The summed E-state index contributed by atoms with van der Waals surface area (Å²) < 4.78 is 37.6. The van der Waals surface area contributed by atoms with E-state index >= 15 is 8.78 Å². The van der Waals surface area contributed by atoms with Gasteiger partial charge >= 0.3 is 5.92 Å². The largest absolute Gasteiger partial charge is 0.497 e. The molecule has 4 aromatic rings. The standard InChI is InChI=1S/C23H22F2N6O2/c1-33-18-9-7-15(8-10-18)13-31-21-19(28-29-31)20(30-12-11-17(32)14-30)26-22(27-21)23(24,25)16-5-3-2-4-6-16/h2-10,17,32H,11-14H2,1H3. The minimum absolute atomic E-state index is 0.203. The Morgan fingerprint density at radius 3 is 2.52 bits per heavy atom. The molecule has 1 aliphatic heterocycles. The summed E-state index contributed by atoms with van der Waals surface area (Å²) in [5, 5.41) is 18.4. The molecule has 0 bridgehead atoms. The molecule has 8 nitrogen and oxygen atoms in total. The van der Waals surface area contributed by atoms with Gasteiger partial charge in [-0.3, -0.25) is 0 Å². The average Bonchev–Trinajstić information content (AvgIpc) is 3.46. The van der Waals surface area contributed by atoms with Crippen LogP contribution in [0.2, 0.25) is 0 Å². The van der Waals surface area contributed by atoms with E-state index < -0.39 is 17.9 Å². The molecule has 1 N–H and O–H groups in total. The number of fused-ring (bicyclic) bond motifs is 1. The quantitative estimate of drug-likeness (QED) is 0.481. The number of rotatable bonds is 6. The van der Waals surface area contributed by atoms with Gasteiger partial charge in [-0.25, -0.2) is 14.6 Å². The Kier molecular flexibility index (Phi) is 5.37. The third-order valence-electron chi connectivity index (χ3n) is 5.72. The number of alkyl halides is 2. The first-order valence-corrected chi connectivity index (χ1v) is 10.6. The molecular formula is C23H22F2N6O2. The fourth-order valence-corrected chi connectivity index (χ4v) is 3.92. The van der Waals surface area contributed by atoms with Crippen molar-refractivity contribution in [2.24, 2.45) is 0 Å². The van der Waals surface area contributed by atoms with Gasteiger partial charge in [-0.05, 0) is 24.1 Å². The Hall–Kier alpha value is -3.66. The van der Waals surface area contributed by atoms with Crippen LogP contribution in [0, 0.1) is 0 Å². The highest BCUT2D eigenvalue weighted by molar-refractivity contribution is 5.83. The zero-order chi connectivity index (χ0) is 23.0. The van der Waals surface area contributed by atoms with Crippen LogP contribution in [0.15, 0.2) is 54.6 Å². The highest BCUT2D eigenvalue weighted by Crippen LogP contribution is 2.36. The van der Waals surface area contributed by atoms with E-state index in [-0.39, 0.29) is 30.1 Å². The van der Waals surface area contributed by atoms with Gasteiger partial charge in [-0.2, -0.15) is 8.78 Å². The molecule has 0 saturated carbocycles. The molecule has 10 heteroatoms. The van der Waals surface area contributed by atoms with Crippen molar-refractivity contribution >= 4 is 17.0 Å². The number of halogens is 2. The number of nitrogens with zero attached hydrogens (tertiary/aromatic N) is 6. The molecule has 1 saturated heterocycles. The molecule has 2 aromatic carbocycles. The van der Waals surface area contributed by atoms with E-state index in [9.17, 15) is 5.11 Å². The van der Waals surface area contributed by atoms with Crippen molar-refractivity contribution in [2.45, 2.75) is 25.0 Å². The summed E-state index contributed by atoms with van der Waals surface area (Å²) in [4.78, 5) is 10.2. The van der Waals surface area contributed by atoms with E-state index in [1.807, 2.05) is 24.3 Å². The summed E-state index contributed by atoms with van der Waals surface area (Å²) in [6.45, 7) is 1.05. The van der Waals surface area contributed by atoms with Crippen molar-refractivity contribution in [1.29, 1.82) is 0 Å². The molecule has 0 amide bonds. The van der Waals surface area contributed by atoms with Gasteiger partial charge in [-0.15, -0.1) is 5.10 Å². The number of β-amino-alcohol motifs (C(OH)–C–C–N with tert-alkyl or cyclic N) is 1. The van der Waals surface area contributed by atoms with E-state index in [0.717, 1.165) is 5.56 Å². The topological polar surface area (TPSA) is 89.2 Å². The average molecular weight is 452 g/mol. The number of hydrogen-bond donors (Lipinski definition) is 1. The van der Waals surface area contributed by atoms with Gasteiger partial charge in [0.25, 0.3) is 0 Å². The molecule has 1 unspecified atom stereocenters. The Labute approximate surface area is 188 Å². The molecule has 1 fully saturated rings. The summed E-state index contributed by atoms with van der Waals surface area (Å²) >= 11 is 0. The first kappa shape index (κ1) is 21.2. The Bertz CT molecular complexity index is 1260. The van der Waals surface area contributed by atoms with Gasteiger partial charge in [0.15, 0.2) is 17.0 Å². The zero-order valence-corrected chi connectivity index (χ0v) is 17.9. The molecule has 1 atom stereocenters. The number of benzene rings is 2. The molecule has 0 radical (unpaired) electrons. The molecule has 3 heterocycles. The fraction of sp³-hybridized carbons (Fsp3) is 0.304. The van der Waals surface area contributed by atoms with E-state index in [1.165, 1.54) is 16.8 Å². The van der Waals surface area contributed by atoms with Crippen LogP contribution < -0.4 is 9.64 Å². The van der Waals surface area contributed by atoms with Gasteiger partial charge in [0.05, 0.1) is 19.8 Å². The molecule has 170 valence electrons. The van der Waals surface area contributed by atoms with Gasteiger partial charge in [0, 0.05) is 18.7 Å². The normalized spacial score (nSPS) is 16.5. The van der Waals surface area contributed by atoms with Crippen LogP contribution in [0.4, 0.5) is 14.6 Å². The van der Waals surface area contributed by atoms with Crippen molar-refractivity contribution < 1.29 is 18.6 Å². The number of aromatic nitrogens is 5. The van der Waals surface area contributed by atoms with E-state index in [2.05, 4.69) is 20.3 Å². The molecule has 0 aliphatic carbocycles. The summed E-state index contributed by atoms with van der Waals surface area (Å²) in [6.07, 6.45) is -0.0296. The third-order valence-corrected chi connectivity index (χ3v) is 5.72.